The summed E-state index contributed by atoms with van der Waals surface area (Å²) in [6, 6.07) is 4.16. The first kappa shape index (κ1) is 7.67. The van der Waals surface area contributed by atoms with Gasteiger partial charge in [-0.2, -0.15) is 0 Å². The third-order valence-corrected chi connectivity index (χ3v) is 2.49. The topological polar surface area (TPSA) is 47.8 Å². The Bertz CT molecular complexity index is 499. The lowest BCUT2D eigenvalue weighted by Crippen LogP contribution is -2.00. The van der Waals surface area contributed by atoms with E-state index in [1.165, 1.54) is 0 Å². The summed E-state index contributed by atoms with van der Waals surface area (Å²) in [5.74, 6) is 0.501. The number of imidazole rings is 1. The minimum atomic E-state index is 0.440. The molecular weight excluding hydrogens is 178 g/mol. The second-order valence-corrected chi connectivity index (χ2v) is 3.54. The van der Waals surface area contributed by atoms with Crippen LogP contribution in [0.15, 0.2) is 18.3 Å². The van der Waals surface area contributed by atoms with Crippen molar-refractivity contribution in [3.05, 3.63) is 24.2 Å². The van der Waals surface area contributed by atoms with Crippen LogP contribution in [0.4, 0.5) is 0 Å². The van der Waals surface area contributed by atoms with Crippen LogP contribution in [-0.4, -0.2) is 20.8 Å². The van der Waals surface area contributed by atoms with Gasteiger partial charge in [-0.3, -0.25) is 4.79 Å². The Kier molecular flexibility index (Phi) is 1.45. The zero-order chi connectivity index (χ0) is 9.54. The maximum absolute atomic E-state index is 10.8. The summed E-state index contributed by atoms with van der Waals surface area (Å²) in [5, 5.41) is 0. The minimum absolute atomic E-state index is 0.440. The number of fused-ring (bicyclic) bond motifs is 1. The highest BCUT2D eigenvalue weighted by atomic mass is 16.1. The molecule has 2 aromatic heterocycles. The van der Waals surface area contributed by atoms with E-state index in [9.17, 15) is 4.79 Å². The highest BCUT2D eigenvalue weighted by molar-refractivity contribution is 5.80. The molecule has 3 rings (SSSR count). The predicted octanol–water partition coefficient (Wildman–Crippen LogP) is 1.58. The molecule has 0 saturated heterocycles. The number of carbonyl (C=O) groups excluding carboxylic acids is 1. The summed E-state index contributed by atoms with van der Waals surface area (Å²) in [6.45, 7) is 0. The highest BCUT2D eigenvalue weighted by Crippen LogP contribution is 2.37. The van der Waals surface area contributed by atoms with Gasteiger partial charge in [0.1, 0.15) is 5.52 Å². The van der Waals surface area contributed by atoms with Gasteiger partial charge in [0.25, 0.3) is 0 Å². The molecule has 0 radical (unpaired) electrons. The number of aromatic nitrogens is 3. The number of hydrogen-bond acceptors (Lipinski definition) is 3. The molecule has 4 heteroatoms. The van der Waals surface area contributed by atoms with Crippen LogP contribution in [0.1, 0.15) is 29.5 Å². The molecule has 0 unspecified atom stereocenters. The van der Waals surface area contributed by atoms with Crippen LogP contribution in [0.3, 0.4) is 0 Å². The van der Waals surface area contributed by atoms with E-state index in [-0.39, 0.29) is 0 Å². The van der Waals surface area contributed by atoms with Crippen molar-refractivity contribution in [2.45, 2.75) is 18.9 Å². The Balaban J connectivity index is 2.35. The molecule has 14 heavy (non-hydrogen) atoms. The van der Waals surface area contributed by atoms with Crippen LogP contribution in [0.25, 0.3) is 11.2 Å². The van der Waals surface area contributed by atoms with Crippen LogP contribution >= 0.6 is 0 Å². The van der Waals surface area contributed by atoms with Gasteiger partial charge >= 0.3 is 0 Å². The summed E-state index contributed by atoms with van der Waals surface area (Å²) >= 11 is 0. The maximum atomic E-state index is 10.8. The number of carbonyl (C=O) groups is 1. The fourth-order valence-corrected chi connectivity index (χ4v) is 1.72. The Morgan fingerprint density at radius 2 is 2.36 bits per heavy atom. The van der Waals surface area contributed by atoms with Gasteiger partial charge in [0.15, 0.2) is 17.8 Å². The van der Waals surface area contributed by atoms with Crippen molar-refractivity contribution < 1.29 is 4.79 Å². The molecule has 70 valence electrons. The quantitative estimate of drug-likeness (QED) is 0.670. The molecule has 1 aliphatic carbocycles. The summed E-state index contributed by atoms with van der Waals surface area (Å²) in [4.78, 5) is 19.3. The van der Waals surface area contributed by atoms with E-state index < -0.39 is 0 Å². The van der Waals surface area contributed by atoms with E-state index in [1.54, 1.807) is 6.20 Å². The third-order valence-electron chi connectivity index (χ3n) is 2.49. The molecule has 1 saturated carbocycles. The van der Waals surface area contributed by atoms with Gasteiger partial charge in [0.2, 0.25) is 0 Å². The Morgan fingerprint density at radius 1 is 1.50 bits per heavy atom. The Morgan fingerprint density at radius 3 is 3.07 bits per heavy atom. The highest BCUT2D eigenvalue weighted by Gasteiger charge is 2.28. The van der Waals surface area contributed by atoms with E-state index in [0.29, 0.717) is 11.9 Å². The molecule has 0 amide bonds. The first-order chi connectivity index (χ1) is 6.90. The molecule has 4 nitrogen and oxygen atoms in total. The van der Waals surface area contributed by atoms with Gasteiger partial charge in [-0.15, -0.1) is 0 Å². The number of rotatable bonds is 2. The zero-order valence-electron chi connectivity index (χ0n) is 7.55. The van der Waals surface area contributed by atoms with Gasteiger partial charge in [-0.25, -0.2) is 9.97 Å². The van der Waals surface area contributed by atoms with Gasteiger partial charge in [0, 0.05) is 12.2 Å². The molecule has 0 atom stereocenters. The van der Waals surface area contributed by atoms with Crippen LogP contribution < -0.4 is 0 Å². The summed E-state index contributed by atoms with van der Waals surface area (Å²) in [6.07, 6.45) is 4.79. The van der Waals surface area contributed by atoms with Crippen LogP contribution in [0.2, 0.25) is 0 Å². The van der Waals surface area contributed by atoms with Crippen molar-refractivity contribution in [3.8, 4) is 0 Å². The van der Waals surface area contributed by atoms with Crippen molar-refractivity contribution in [1.29, 1.82) is 0 Å². The molecule has 2 heterocycles. The summed E-state index contributed by atoms with van der Waals surface area (Å²) in [7, 11) is 0. The molecule has 1 aliphatic rings. The second-order valence-electron chi connectivity index (χ2n) is 3.54. The van der Waals surface area contributed by atoms with E-state index in [2.05, 4.69) is 9.97 Å². The van der Waals surface area contributed by atoms with Crippen molar-refractivity contribution in [1.82, 2.24) is 14.5 Å². The van der Waals surface area contributed by atoms with E-state index in [1.807, 2.05) is 16.7 Å². The van der Waals surface area contributed by atoms with E-state index in [4.69, 9.17) is 0 Å². The monoisotopic (exact) mass is 187 g/mol. The average molecular weight is 187 g/mol. The van der Waals surface area contributed by atoms with Crippen molar-refractivity contribution >= 4 is 17.5 Å². The Hall–Kier alpha value is -1.71. The van der Waals surface area contributed by atoms with Gasteiger partial charge < -0.3 is 4.57 Å². The molecule has 0 aliphatic heterocycles. The molecule has 1 fully saturated rings. The first-order valence-corrected chi connectivity index (χ1v) is 4.68. The molecule has 2 aromatic rings. The summed E-state index contributed by atoms with van der Waals surface area (Å²) < 4.78 is 1.95. The van der Waals surface area contributed by atoms with Crippen molar-refractivity contribution in [3.63, 3.8) is 0 Å². The van der Waals surface area contributed by atoms with Crippen molar-refractivity contribution in [2.24, 2.45) is 0 Å². The van der Waals surface area contributed by atoms with Gasteiger partial charge in [0.05, 0.1) is 0 Å². The molecule has 0 aromatic carbocycles. The lowest BCUT2D eigenvalue weighted by molar-refractivity contribution is 0.111. The molecule has 0 spiro atoms. The maximum Gasteiger partial charge on any atom is 0.185 e. The smallest absolute Gasteiger partial charge is 0.185 e. The normalized spacial score (nSPS) is 16.0. The number of pyridine rings is 1. The molecule has 0 N–H and O–H groups in total. The average Bonchev–Trinajstić information content (AvgIpc) is 2.98. The fraction of sp³-hybridized carbons (Fsp3) is 0.300. The minimum Gasteiger partial charge on any atom is -0.303 e. The standard InChI is InChI=1S/C10H9N3O/c14-6-9-12-8-2-1-5-11-10(8)13(9)7-3-4-7/h1-2,5-7H,3-4H2. The largest absolute Gasteiger partial charge is 0.303 e. The van der Waals surface area contributed by atoms with E-state index in [0.717, 1.165) is 30.3 Å². The predicted molar refractivity (Wildman–Crippen MR) is 51.2 cm³/mol. The Labute approximate surface area is 80.6 Å². The second kappa shape index (κ2) is 2.64. The van der Waals surface area contributed by atoms with Crippen LogP contribution in [-0.2, 0) is 0 Å². The van der Waals surface area contributed by atoms with Crippen LogP contribution in [0, 0.1) is 0 Å². The molecular formula is C10H9N3O. The fourth-order valence-electron chi connectivity index (χ4n) is 1.72. The zero-order valence-corrected chi connectivity index (χ0v) is 7.55. The van der Waals surface area contributed by atoms with Crippen molar-refractivity contribution in [2.75, 3.05) is 0 Å². The van der Waals surface area contributed by atoms with Gasteiger partial charge in [-0.1, -0.05) is 0 Å². The van der Waals surface area contributed by atoms with E-state index >= 15 is 0 Å². The van der Waals surface area contributed by atoms with Crippen LogP contribution in [0.5, 0.6) is 0 Å². The third kappa shape index (κ3) is 0.968. The summed E-state index contributed by atoms with van der Waals surface area (Å²) in [5.41, 5.74) is 1.64. The number of hydrogen-bond donors (Lipinski definition) is 0. The molecule has 0 bridgehead atoms. The SMILES string of the molecule is O=Cc1nc2cccnc2n1C1CC1. The lowest BCUT2D eigenvalue weighted by Gasteiger charge is -2.00. The number of aldehydes is 1. The first-order valence-electron chi connectivity index (χ1n) is 4.68. The number of nitrogens with zero attached hydrogens (tertiary/aromatic N) is 3. The lowest BCUT2D eigenvalue weighted by atomic mass is 10.4. The van der Waals surface area contributed by atoms with Gasteiger partial charge in [-0.05, 0) is 25.0 Å².